The van der Waals surface area contributed by atoms with Gasteiger partial charge in [0.25, 0.3) is 11.9 Å². The van der Waals surface area contributed by atoms with E-state index in [-0.39, 0.29) is 31.4 Å². The number of carbonyl (C=O) groups is 2. The van der Waals surface area contributed by atoms with Crippen LogP contribution in [0.2, 0.25) is 0 Å². The molecule has 0 aliphatic rings. The number of hydrogen-bond acceptors (Lipinski definition) is 6. The summed E-state index contributed by atoms with van der Waals surface area (Å²) in [5.41, 5.74) is 0. The van der Waals surface area contributed by atoms with Gasteiger partial charge in [-0.25, -0.2) is 0 Å². The van der Waals surface area contributed by atoms with Crippen molar-refractivity contribution in [3.05, 3.63) is 0 Å². The van der Waals surface area contributed by atoms with Crippen LogP contribution in [0.25, 0.3) is 0 Å². The molecule has 0 heterocycles. The van der Waals surface area contributed by atoms with Crippen molar-refractivity contribution < 1.29 is 38.5 Å². The standard InChI is InChI=1S/2C20H40O2S.Zn/c2*1-3-4-5-6-7-8-9-10-11-12-13-14-15-16-17-18-22-20(21)19(2)23;/h2*19,23H,3-18H2,1-2H3;/q;;+2/p-2. The predicted octanol–water partition coefficient (Wildman–Crippen LogP) is 12.7. The van der Waals surface area contributed by atoms with E-state index in [1.807, 2.05) is 0 Å². The molecule has 0 aromatic carbocycles. The second-order valence-corrected chi connectivity index (χ2v) is 14.9. The van der Waals surface area contributed by atoms with Crippen LogP contribution >= 0.6 is 0 Å². The van der Waals surface area contributed by atoms with Gasteiger partial charge in [-0.15, -0.1) is 0 Å². The molecular formula is C40H78O4S2Zn. The van der Waals surface area contributed by atoms with Crippen LogP contribution in [0, 0.1) is 0 Å². The van der Waals surface area contributed by atoms with E-state index in [4.69, 9.17) is 34.7 Å². The number of unbranched alkanes of at least 4 members (excludes halogenated alkanes) is 28. The van der Waals surface area contributed by atoms with Crippen LogP contribution < -0.4 is 0 Å². The molecule has 276 valence electrons. The zero-order valence-corrected chi connectivity index (χ0v) is 36.5. The second kappa shape index (κ2) is 44.3. The van der Waals surface area contributed by atoms with Crippen molar-refractivity contribution >= 4 is 37.2 Å². The molecule has 0 spiro atoms. The third-order valence-electron chi connectivity index (χ3n) is 8.65. The Hall–Kier alpha value is 0.263. The van der Waals surface area contributed by atoms with Crippen molar-refractivity contribution in [3.63, 3.8) is 0 Å². The Morgan fingerprint density at radius 2 is 0.553 bits per heavy atom. The van der Waals surface area contributed by atoms with E-state index in [0.717, 1.165) is 25.7 Å². The smallest absolute Gasteiger partial charge is 0.778 e. The van der Waals surface area contributed by atoms with Gasteiger partial charge in [-0.05, 0) is 12.8 Å². The number of carbonyl (C=O) groups excluding carboxylic acids is 2. The van der Waals surface area contributed by atoms with E-state index in [0.29, 0.717) is 13.2 Å². The van der Waals surface area contributed by atoms with Crippen molar-refractivity contribution in [2.45, 2.75) is 231 Å². The third-order valence-corrected chi connectivity index (χ3v) is 9.03. The maximum Gasteiger partial charge on any atom is 2.00 e. The van der Waals surface area contributed by atoms with E-state index in [1.165, 1.54) is 167 Å². The minimum atomic E-state index is -0.411. The quantitative estimate of drug-likeness (QED) is 0.0282. The summed E-state index contributed by atoms with van der Waals surface area (Å²) < 4.78 is 10.1. The molecule has 0 aromatic rings. The van der Waals surface area contributed by atoms with E-state index in [9.17, 15) is 9.59 Å². The van der Waals surface area contributed by atoms with Crippen LogP contribution in [0.3, 0.4) is 0 Å². The number of esters is 2. The summed E-state index contributed by atoms with van der Waals surface area (Å²) in [6, 6.07) is 0. The Morgan fingerprint density at radius 1 is 0.383 bits per heavy atom. The van der Waals surface area contributed by atoms with Gasteiger partial charge in [0.05, 0.1) is 13.2 Å². The molecular weight excluding hydrogens is 674 g/mol. The van der Waals surface area contributed by atoms with Gasteiger partial charge < -0.3 is 34.7 Å². The topological polar surface area (TPSA) is 52.6 Å². The van der Waals surface area contributed by atoms with Gasteiger partial charge >= 0.3 is 19.5 Å². The first-order chi connectivity index (χ1) is 22.4. The average molecular weight is 753 g/mol. The van der Waals surface area contributed by atoms with Crippen molar-refractivity contribution in [3.8, 4) is 0 Å². The van der Waals surface area contributed by atoms with E-state index < -0.39 is 10.5 Å². The Balaban J connectivity index is -0.000000807. The monoisotopic (exact) mass is 750 g/mol. The van der Waals surface area contributed by atoms with Gasteiger partial charge in [0, 0.05) is 0 Å². The fourth-order valence-electron chi connectivity index (χ4n) is 5.53. The molecule has 47 heavy (non-hydrogen) atoms. The second-order valence-electron chi connectivity index (χ2n) is 13.5. The minimum Gasteiger partial charge on any atom is -0.778 e. The average Bonchev–Trinajstić information content (AvgIpc) is 3.04. The van der Waals surface area contributed by atoms with Gasteiger partial charge in [0.15, 0.2) is 0 Å². The van der Waals surface area contributed by atoms with Crippen LogP contribution in [0.4, 0.5) is 0 Å². The van der Waals surface area contributed by atoms with E-state index in [2.05, 4.69) is 13.8 Å². The first-order valence-corrected chi connectivity index (χ1v) is 21.0. The maximum atomic E-state index is 11.2. The molecule has 4 nitrogen and oxygen atoms in total. The van der Waals surface area contributed by atoms with E-state index >= 15 is 0 Å². The Labute approximate surface area is 318 Å². The normalized spacial score (nSPS) is 12.0. The van der Waals surface area contributed by atoms with Crippen LogP contribution in [0.15, 0.2) is 0 Å². The molecule has 2 atom stereocenters. The van der Waals surface area contributed by atoms with Crippen LogP contribution in [0.1, 0.15) is 220 Å². The summed E-state index contributed by atoms with van der Waals surface area (Å²) in [6.45, 7) is 9.03. The summed E-state index contributed by atoms with van der Waals surface area (Å²) in [4.78, 5) is 22.3. The molecule has 0 aromatic heterocycles. The van der Waals surface area contributed by atoms with Crippen LogP contribution in [-0.4, -0.2) is 35.7 Å². The predicted molar refractivity (Wildman–Crippen MR) is 205 cm³/mol. The first-order valence-electron chi connectivity index (χ1n) is 20.0. The van der Waals surface area contributed by atoms with Crippen molar-refractivity contribution in [1.82, 2.24) is 0 Å². The van der Waals surface area contributed by atoms with Crippen molar-refractivity contribution in [1.29, 1.82) is 0 Å². The fourth-order valence-corrected chi connectivity index (χ4v) is 5.66. The molecule has 0 fully saturated rings. The van der Waals surface area contributed by atoms with Gasteiger partial charge in [0.2, 0.25) is 0 Å². The molecule has 0 aliphatic carbocycles. The van der Waals surface area contributed by atoms with Gasteiger partial charge in [-0.1, -0.05) is 218 Å². The molecule has 0 saturated heterocycles. The number of ether oxygens (including phenoxy) is 2. The van der Waals surface area contributed by atoms with Gasteiger partial charge in [-0.3, -0.25) is 9.59 Å². The third kappa shape index (κ3) is 46.3. The molecule has 2 unspecified atom stereocenters. The SMILES string of the molecule is CCCCCCCCCCCCCCCCCOC(=O)C(C)[S-].CCCCCCCCCCCCCCCCCOC(=O)C(C)[S-].[Zn+2]. The van der Waals surface area contributed by atoms with Crippen LogP contribution in [-0.2, 0) is 63.8 Å². The Kier molecular flexibility index (Phi) is 48.6. The zero-order valence-electron chi connectivity index (χ0n) is 31.9. The molecule has 0 aliphatic heterocycles. The minimum absolute atomic E-state index is 0. The Morgan fingerprint density at radius 3 is 0.723 bits per heavy atom. The summed E-state index contributed by atoms with van der Waals surface area (Å²) >= 11 is 9.67. The van der Waals surface area contributed by atoms with Crippen molar-refractivity contribution in [2.24, 2.45) is 0 Å². The number of hydrogen-bond donors (Lipinski definition) is 0. The molecule has 0 bridgehead atoms. The fraction of sp³-hybridized carbons (Fsp3) is 0.950. The molecule has 0 amide bonds. The molecule has 0 radical (unpaired) electrons. The maximum absolute atomic E-state index is 11.2. The largest absolute Gasteiger partial charge is 2.00 e. The first kappa shape index (κ1) is 51.6. The zero-order chi connectivity index (χ0) is 34.4. The summed E-state index contributed by atoms with van der Waals surface area (Å²) in [6.07, 6.45) is 40.5. The van der Waals surface area contributed by atoms with Gasteiger partial charge in [0.1, 0.15) is 0 Å². The summed E-state index contributed by atoms with van der Waals surface area (Å²) in [5.74, 6) is -0.490. The number of rotatable bonds is 34. The molecule has 0 rings (SSSR count). The molecule has 0 N–H and O–H groups in total. The molecule has 0 saturated carbocycles. The van der Waals surface area contributed by atoms with Crippen LogP contribution in [0.5, 0.6) is 0 Å². The molecule has 7 heteroatoms. The summed E-state index contributed by atoms with van der Waals surface area (Å²) in [7, 11) is 0. The van der Waals surface area contributed by atoms with E-state index in [1.54, 1.807) is 13.8 Å². The summed E-state index contributed by atoms with van der Waals surface area (Å²) in [5, 5.41) is -0.822. The Bertz CT molecular complexity index is 567. The van der Waals surface area contributed by atoms with Crippen molar-refractivity contribution in [2.75, 3.05) is 13.2 Å². The van der Waals surface area contributed by atoms with Gasteiger partial charge in [-0.2, -0.15) is 0 Å².